The molecule has 1 aromatic carbocycles. The number of halogens is 5. The van der Waals surface area contributed by atoms with Gasteiger partial charge in [-0.15, -0.1) is 0 Å². The standard InChI is InChI=1S/C26H39F5O/c1-5-7-8-9-10-11-12-19(26(3,4)32-6-2)17-13-15-18(16-14-17)20-21(27)23(29)25(31)24(30)22(20)28/h17-19H,5-16H2,1-4H3. The van der Waals surface area contributed by atoms with E-state index in [0.29, 0.717) is 44.1 Å². The van der Waals surface area contributed by atoms with Crippen molar-refractivity contribution in [2.24, 2.45) is 11.8 Å². The Morgan fingerprint density at radius 2 is 1.25 bits per heavy atom. The highest BCUT2D eigenvalue weighted by molar-refractivity contribution is 5.28. The number of benzene rings is 1. The Kier molecular flexibility index (Phi) is 10.4. The lowest BCUT2D eigenvalue weighted by Crippen LogP contribution is -2.40. The van der Waals surface area contributed by atoms with Crippen molar-refractivity contribution in [3.63, 3.8) is 0 Å². The van der Waals surface area contributed by atoms with Gasteiger partial charge in [-0.3, -0.25) is 0 Å². The van der Waals surface area contributed by atoms with Crippen LogP contribution in [-0.2, 0) is 4.74 Å². The van der Waals surface area contributed by atoms with Crippen LogP contribution in [0.4, 0.5) is 22.0 Å². The van der Waals surface area contributed by atoms with Crippen LogP contribution in [0, 0.1) is 40.9 Å². The van der Waals surface area contributed by atoms with Crippen molar-refractivity contribution in [1.29, 1.82) is 0 Å². The molecule has 0 heterocycles. The molecule has 184 valence electrons. The Labute approximate surface area is 190 Å². The maximum Gasteiger partial charge on any atom is 0.200 e. The summed E-state index contributed by atoms with van der Waals surface area (Å²) in [6.45, 7) is 9.00. The molecule has 6 heteroatoms. The second kappa shape index (κ2) is 12.3. The minimum absolute atomic E-state index is 0.297. The van der Waals surface area contributed by atoms with E-state index in [1.54, 1.807) is 0 Å². The molecule has 1 atom stereocenters. The van der Waals surface area contributed by atoms with E-state index in [1.807, 2.05) is 6.92 Å². The first-order valence-corrected chi connectivity index (χ1v) is 12.3. The molecule has 0 bridgehead atoms. The Hall–Kier alpha value is -1.17. The van der Waals surface area contributed by atoms with Crippen LogP contribution in [0.1, 0.15) is 110 Å². The van der Waals surface area contributed by atoms with Gasteiger partial charge in [0.2, 0.25) is 5.82 Å². The monoisotopic (exact) mass is 462 g/mol. The number of hydrogen-bond donors (Lipinski definition) is 0. The smallest absolute Gasteiger partial charge is 0.200 e. The average molecular weight is 463 g/mol. The fraction of sp³-hybridized carbons (Fsp3) is 0.769. The number of hydrogen-bond acceptors (Lipinski definition) is 1. The largest absolute Gasteiger partial charge is 0.376 e. The van der Waals surface area contributed by atoms with Gasteiger partial charge in [-0.1, -0.05) is 45.4 Å². The molecule has 0 spiro atoms. The molecule has 1 unspecified atom stereocenters. The zero-order valence-corrected chi connectivity index (χ0v) is 20.0. The molecule has 0 N–H and O–H groups in total. The quantitative estimate of drug-likeness (QED) is 0.130. The molecule has 2 rings (SSSR count). The van der Waals surface area contributed by atoms with Crippen LogP contribution in [0.2, 0.25) is 0 Å². The zero-order chi connectivity index (χ0) is 23.9. The molecule has 1 fully saturated rings. The molecule has 32 heavy (non-hydrogen) atoms. The van der Waals surface area contributed by atoms with E-state index in [9.17, 15) is 22.0 Å². The summed E-state index contributed by atoms with van der Waals surface area (Å²) in [6, 6.07) is 0. The Bertz CT molecular complexity index is 696. The van der Waals surface area contributed by atoms with Gasteiger partial charge in [0.15, 0.2) is 23.3 Å². The molecule has 1 saturated carbocycles. The highest BCUT2D eigenvalue weighted by Crippen LogP contribution is 2.46. The first-order valence-electron chi connectivity index (χ1n) is 12.3. The summed E-state index contributed by atoms with van der Waals surface area (Å²) in [5, 5.41) is 0. The summed E-state index contributed by atoms with van der Waals surface area (Å²) in [4.78, 5) is 0. The van der Waals surface area contributed by atoms with Crippen molar-refractivity contribution in [2.75, 3.05) is 6.61 Å². The van der Waals surface area contributed by atoms with Crippen molar-refractivity contribution in [3.05, 3.63) is 34.6 Å². The van der Waals surface area contributed by atoms with Gasteiger partial charge in [-0.25, -0.2) is 22.0 Å². The van der Waals surface area contributed by atoms with E-state index in [0.717, 1.165) is 12.8 Å². The summed E-state index contributed by atoms with van der Waals surface area (Å²) >= 11 is 0. The van der Waals surface area contributed by atoms with E-state index in [1.165, 1.54) is 32.1 Å². The number of ether oxygens (including phenoxy) is 1. The molecule has 1 aromatic rings. The van der Waals surface area contributed by atoms with Crippen molar-refractivity contribution in [1.82, 2.24) is 0 Å². The van der Waals surface area contributed by atoms with Crippen molar-refractivity contribution < 1.29 is 26.7 Å². The van der Waals surface area contributed by atoms with Crippen molar-refractivity contribution in [3.8, 4) is 0 Å². The van der Waals surface area contributed by atoms with Gasteiger partial charge < -0.3 is 4.74 Å². The maximum atomic E-state index is 14.3. The van der Waals surface area contributed by atoms with E-state index in [-0.39, 0.29) is 5.60 Å². The normalized spacial score (nSPS) is 20.5. The molecule has 0 aromatic heterocycles. The molecule has 0 aliphatic heterocycles. The second-order valence-corrected chi connectivity index (χ2v) is 9.79. The number of unbranched alkanes of at least 4 members (excludes halogenated alkanes) is 5. The minimum Gasteiger partial charge on any atom is -0.376 e. The van der Waals surface area contributed by atoms with E-state index in [4.69, 9.17) is 4.74 Å². The van der Waals surface area contributed by atoms with Gasteiger partial charge in [-0.05, 0) is 70.6 Å². The Morgan fingerprint density at radius 1 is 0.750 bits per heavy atom. The minimum atomic E-state index is -2.09. The van der Waals surface area contributed by atoms with E-state index < -0.39 is 40.6 Å². The highest BCUT2D eigenvalue weighted by Gasteiger charge is 2.39. The van der Waals surface area contributed by atoms with Crippen LogP contribution in [0.3, 0.4) is 0 Å². The van der Waals surface area contributed by atoms with Crippen LogP contribution < -0.4 is 0 Å². The topological polar surface area (TPSA) is 9.23 Å². The molecular weight excluding hydrogens is 423 g/mol. The van der Waals surface area contributed by atoms with Crippen LogP contribution >= 0.6 is 0 Å². The third kappa shape index (κ3) is 6.45. The van der Waals surface area contributed by atoms with E-state index in [2.05, 4.69) is 20.8 Å². The fourth-order valence-corrected chi connectivity index (χ4v) is 5.57. The molecular formula is C26H39F5O. The Morgan fingerprint density at radius 3 is 1.78 bits per heavy atom. The molecule has 1 aliphatic carbocycles. The van der Waals surface area contributed by atoms with Gasteiger partial charge in [0.05, 0.1) is 5.60 Å². The summed E-state index contributed by atoms with van der Waals surface area (Å²) in [6.07, 6.45) is 10.5. The molecule has 1 aliphatic rings. The lowest BCUT2D eigenvalue weighted by atomic mass is 9.67. The SMILES string of the molecule is CCCCCCCCC(C1CCC(c2c(F)c(F)c(F)c(F)c2F)CC1)C(C)(C)OCC. The van der Waals surface area contributed by atoms with Crippen molar-refractivity contribution >= 4 is 0 Å². The van der Waals surface area contributed by atoms with Gasteiger partial charge >= 0.3 is 0 Å². The first-order chi connectivity index (χ1) is 15.2. The van der Waals surface area contributed by atoms with Gasteiger partial charge in [-0.2, -0.15) is 0 Å². The summed E-state index contributed by atoms with van der Waals surface area (Å²) in [7, 11) is 0. The van der Waals surface area contributed by atoms with Crippen LogP contribution in [-0.4, -0.2) is 12.2 Å². The van der Waals surface area contributed by atoms with Gasteiger partial charge in [0.25, 0.3) is 0 Å². The third-order valence-corrected chi connectivity index (χ3v) is 7.27. The molecule has 0 amide bonds. The lowest BCUT2D eigenvalue weighted by Gasteiger charge is -2.42. The molecule has 0 saturated heterocycles. The predicted molar refractivity (Wildman–Crippen MR) is 118 cm³/mol. The third-order valence-electron chi connectivity index (χ3n) is 7.27. The predicted octanol–water partition coefficient (Wildman–Crippen LogP) is 8.84. The van der Waals surface area contributed by atoms with E-state index >= 15 is 0 Å². The van der Waals surface area contributed by atoms with Gasteiger partial charge in [0.1, 0.15) is 0 Å². The second-order valence-electron chi connectivity index (χ2n) is 9.79. The fourth-order valence-electron chi connectivity index (χ4n) is 5.57. The van der Waals surface area contributed by atoms with Crippen LogP contribution in [0.15, 0.2) is 0 Å². The Balaban J connectivity index is 2.08. The lowest BCUT2D eigenvalue weighted by molar-refractivity contribution is -0.0812. The summed E-state index contributed by atoms with van der Waals surface area (Å²) < 4.78 is 75.4. The summed E-state index contributed by atoms with van der Waals surface area (Å²) in [5.41, 5.74) is -0.961. The summed E-state index contributed by atoms with van der Waals surface area (Å²) in [5.74, 6) is -9.18. The highest BCUT2D eigenvalue weighted by atomic mass is 19.2. The zero-order valence-electron chi connectivity index (χ0n) is 20.0. The molecule has 1 nitrogen and oxygen atoms in total. The van der Waals surface area contributed by atoms with Crippen LogP contribution in [0.25, 0.3) is 0 Å². The van der Waals surface area contributed by atoms with Crippen molar-refractivity contribution in [2.45, 2.75) is 110 Å². The van der Waals surface area contributed by atoms with Crippen LogP contribution in [0.5, 0.6) is 0 Å². The first kappa shape index (κ1) is 27.1. The average Bonchev–Trinajstić information content (AvgIpc) is 2.76. The van der Waals surface area contributed by atoms with Gasteiger partial charge in [0, 0.05) is 12.2 Å². The number of rotatable bonds is 12. The molecule has 0 radical (unpaired) electrons. The maximum absolute atomic E-state index is 14.3.